The van der Waals surface area contributed by atoms with Gasteiger partial charge in [-0.1, -0.05) is 24.3 Å². The van der Waals surface area contributed by atoms with Crippen molar-refractivity contribution in [3.05, 3.63) is 88.2 Å². The van der Waals surface area contributed by atoms with Gasteiger partial charge in [0, 0.05) is 24.2 Å². The predicted octanol–water partition coefficient (Wildman–Crippen LogP) is 6.49. The maximum atomic E-state index is 12.1. The molecule has 2 aromatic heterocycles. The fraction of sp³-hybridized carbons (Fsp3) is 0.259. The summed E-state index contributed by atoms with van der Waals surface area (Å²) in [5.74, 6) is 1.12. The quantitative estimate of drug-likeness (QED) is 0.251. The number of benzene rings is 2. The van der Waals surface area contributed by atoms with Crippen LogP contribution in [0.1, 0.15) is 42.6 Å². The van der Waals surface area contributed by atoms with Gasteiger partial charge in [-0.2, -0.15) is 16.4 Å². The van der Waals surface area contributed by atoms with Gasteiger partial charge in [0.05, 0.1) is 12.3 Å². The van der Waals surface area contributed by atoms with Crippen LogP contribution in [0.15, 0.2) is 71.6 Å². The van der Waals surface area contributed by atoms with E-state index < -0.39 is 0 Å². The summed E-state index contributed by atoms with van der Waals surface area (Å²) in [6, 6.07) is 17.8. The summed E-state index contributed by atoms with van der Waals surface area (Å²) in [7, 11) is 0. The molecule has 4 rings (SSSR count). The van der Waals surface area contributed by atoms with Crippen molar-refractivity contribution < 1.29 is 19.0 Å². The van der Waals surface area contributed by atoms with Crippen molar-refractivity contribution in [2.75, 3.05) is 6.61 Å². The van der Waals surface area contributed by atoms with E-state index in [1.807, 2.05) is 73.8 Å². The largest absolute Gasteiger partial charge is 0.489 e. The number of esters is 1. The molecule has 0 aliphatic carbocycles. The van der Waals surface area contributed by atoms with Gasteiger partial charge in [0.15, 0.2) is 0 Å². The van der Waals surface area contributed by atoms with Crippen LogP contribution in [0.3, 0.4) is 0 Å². The lowest BCUT2D eigenvalue weighted by molar-refractivity contribution is -0.143. The number of nitrogens with zero attached hydrogens (tertiary/aromatic N) is 1. The molecule has 176 valence electrons. The van der Waals surface area contributed by atoms with E-state index in [4.69, 9.17) is 14.2 Å². The van der Waals surface area contributed by atoms with Crippen molar-refractivity contribution in [3.63, 3.8) is 0 Å². The van der Waals surface area contributed by atoms with Crippen LogP contribution in [0, 0.1) is 6.92 Å². The van der Waals surface area contributed by atoms with Crippen molar-refractivity contribution >= 4 is 17.3 Å². The van der Waals surface area contributed by atoms with E-state index in [9.17, 15) is 4.79 Å². The first-order valence-electron chi connectivity index (χ1n) is 11.3. The predicted molar refractivity (Wildman–Crippen MR) is 133 cm³/mol. The maximum absolute atomic E-state index is 12.1. The number of ether oxygens (including phenoxy) is 3. The maximum Gasteiger partial charge on any atom is 0.305 e. The molecule has 0 radical (unpaired) electrons. The Hall–Kier alpha value is -3.58. The molecular formula is C27H28N2O4S. The minimum absolute atomic E-state index is 0.231. The first-order chi connectivity index (χ1) is 16.6. The molecule has 2 heterocycles. The number of rotatable bonds is 11. The molecule has 1 atom stereocenters. The summed E-state index contributed by atoms with van der Waals surface area (Å²) >= 11 is 1.64. The number of carbonyl (C=O) groups is 1. The van der Waals surface area contributed by atoms with E-state index in [1.165, 1.54) is 0 Å². The van der Waals surface area contributed by atoms with Gasteiger partial charge in [0.1, 0.15) is 24.2 Å². The number of carbonyl (C=O) groups excluding carboxylic acids is 1. The highest BCUT2D eigenvalue weighted by Crippen LogP contribution is 2.37. The van der Waals surface area contributed by atoms with Crippen molar-refractivity contribution in [2.24, 2.45) is 0 Å². The lowest BCUT2D eigenvalue weighted by Crippen LogP contribution is -2.13. The Balaban J connectivity index is 1.64. The van der Waals surface area contributed by atoms with E-state index in [-0.39, 0.29) is 18.5 Å². The van der Waals surface area contributed by atoms with Crippen LogP contribution >= 0.6 is 11.3 Å². The molecule has 0 aliphatic rings. The Morgan fingerprint density at radius 2 is 2.03 bits per heavy atom. The molecule has 1 N–H and O–H groups in total. The van der Waals surface area contributed by atoms with E-state index >= 15 is 0 Å². The molecule has 2 aromatic carbocycles. The van der Waals surface area contributed by atoms with Crippen molar-refractivity contribution in [2.45, 2.75) is 39.4 Å². The number of aromatic amines is 1. The Morgan fingerprint density at radius 3 is 2.76 bits per heavy atom. The molecule has 0 aliphatic heterocycles. The Bertz CT molecular complexity index is 1190. The Labute approximate surface area is 203 Å². The third-order valence-corrected chi connectivity index (χ3v) is 6.17. The van der Waals surface area contributed by atoms with Crippen LogP contribution in [0.2, 0.25) is 0 Å². The van der Waals surface area contributed by atoms with E-state index in [1.54, 1.807) is 17.5 Å². The highest BCUT2D eigenvalue weighted by atomic mass is 32.1. The van der Waals surface area contributed by atoms with E-state index in [0.29, 0.717) is 31.1 Å². The zero-order chi connectivity index (χ0) is 23.8. The van der Waals surface area contributed by atoms with Gasteiger partial charge in [0.2, 0.25) is 0 Å². The molecule has 0 saturated heterocycles. The summed E-state index contributed by atoms with van der Waals surface area (Å²) in [6.07, 6.45) is 2.19. The lowest BCUT2D eigenvalue weighted by Gasteiger charge is -2.23. The zero-order valence-electron chi connectivity index (χ0n) is 19.3. The molecule has 1 unspecified atom stereocenters. The lowest BCUT2D eigenvalue weighted by atomic mass is 9.99. The van der Waals surface area contributed by atoms with Gasteiger partial charge in [-0.25, -0.2) is 0 Å². The van der Waals surface area contributed by atoms with Gasteiger partial charge < -0.3 is 14.2 Å². The number of aryl methyl sites for hydroxylation is 1. The highest BCUT2D eigenvalue weighted by Gasteiger charge is 2.21. The summed E-state index contributed by atoms with van der Waals surface area (Å²) in [5, 5.41) is 11.3. The van der Waals surface area contributed by atoms with Gasteiger partial charge in [-0.3, -0.25) is 9.89 Å². The van der Waals surface area contributed by atoms with Gasteiger partial charge in [-0.15, -0.1) is 0 Å². The highest BCUT2D eigenvalue weighted by molar-refractivity contribution is 7.07. The van der Waals surface area contributed by atoms with Gasteiger partial charge in [0.25, 0.3) is 0 Å². The van der Waals surface area contributed by atoms with Crippen LogP contribution in [-0.4, -0.2) is 22.8 Å². The minimum Gasteiger partial charge on any atom is -0.489 e. The van der Waals surface area contributed by atoms with E-state index in [2.05, 4.69) is 15.6 Å². The first kappa shape index (κ1) is 23.6. The van der Waals surface area contributed by atoms with Gasteiger partial charge >= 0.3 is 5.97 Å². The number of hydrogen-bond donors (Lipinski definition) is 1. The molecule has 4 aromatic rings. The van der Waals surface area contributed by atoms with Crippen molar-refractivity contribution in [1.29, 1.82) is 0 Å². The summed E-state index contributed by atoms with van der Waals surface area (Å²) in [4.78, 5) is 12.1. The standard InChI is InChI=1S/C27H28N2O4S/c1-3-31-27(30)11-10-25(22-7-5-4-6-19(22)2)33-26-16-21(32-17-20-13-15-34-18-20)8-9-23(26)24-12-14-28-29-24/h4-9,12-16,18,25H,3,10-11,17H2,1-2H3,(H,28,29). The SMILES string of the molecule is CCOC(=O)CCC(Oc1cc(OCc2ccsc2)ccc1-c1cc[nH]n1)c1ccccc1C. The first-order valence-corrected chi connectivity index (χ1v) is 12.2. The zero-order valence-corrected chi connectivity index (χ0v) is 20.1. The molecule has 0 saturated carbocycles. The third-order valence-electron chi connectivity index (χ3n) is 5.44. The monoisotopic (exact) mass is 476 g/mol. The molecule has 0 bridgehead atoms. The topological polar surface area (TPSA) is 73.4 Å². The Kier molecular flexibility index (Phi) is 7.99. The minimum atomic E-state index is -0.338. The summed E-state index contributed by atoms with van der Waals surface area (Å²) in [5.41, 5.74) is 4.87. The summed E-state index contributed by atoms with van der Waals surface area (Å²) < 4.78 is 17.8. The smallest absolute Gasteiger partial charge is 0.305 e. The second-order valence-electron chi connectivity index (χ2n) is 7.84. The van der Waals surface area contributed by atoms with Crippen LogP contribution in [0.5, 0.6) is 11.5 Å². The van der Waals surface area contributed by atoms with E-state index in [0.717, 1.165) is 27.9 Å². The van der Waals surface area contributed by atoms with Crippen LogP contribution in [0.25, 0.3) is 11.3 Å². The second kappa shape index (κ2) is 11.5. The summed E-state index contributed by atoms with van der Waals surface area (Å²) in [6.45, 7) is 4.70. The molecule has 34 heavy (non-hydrogen) atoms. The number of nitrogens with one attached hydrogen (secondary N) is 1. The van der Waals surface area contributed by atoms with Gasteiger partial charge in [-0.05, 0) is 72.0 Å². The van der Waals surface area contributed by atoms with Crippen LogP contribution < -0.4 is 9.47 Å². The second-order valence-corrected chi connectivity index (χ2v) is 8.62. The molecular weight excluding hydrogens is 448 g/mol. The van der Waals surface area contributed by atoms with Crippen LogP contribution in [-0.2, 0) is 16.1 Å². The van der Waals surface area contributed by atoms with Crippen molar-refractivity contribution in [3.8, 4) is 22.8 Å². The third kappa shape index (κ3) is 6.05. The number of H-pyrrole nitrogens is 1. The fourth-order valence-electron chi connectivity index (χ4n) is 3.71. The molecule has 7 heteroatoms. The van der Waals surface area contributed by atoms with Crippen LogP contribution in [0.4, 0.5) is 0 Å². The van der Waals surface area contributed by atoms with Crippen molar-refractivity contribution in [1.82, 2.24) is 10.2 Å². The molecule has 0 fully saturated rings. The number of aromatic nitrogens is 2. The fourth-order valence-corrected chi connectivity index (χ4v) is 4.37. The number of thiophene rings is 1. The molecule has 0 spiro atoms. The molecule has 6 nitrogen and oxygen atoms in total. The average Bonchev–Trinajstić information content (AvgIpc) is 3.56. The average molecular weight is 477 g/mol. The Morgan fingerprint density at radius 1 is 1.15 bits per heavy atom. The molecule has 0 amide bonds. The normalized spacial score (nSPS) is 11.7. The number of hydrogen-bond acceptors (Lipinski definition) is 6.